The lowest BCUT2D eigenvalue weighted by molar-refractivity contribution is 0.258. The minimum Gasteiger partial charge on any atom is -0.437 e. The van der Waals surface area contributed by atoms with Crippen molar-refractivity contribution in [2.24, 2.45) is 5.92 Å². The van der Waals surface area contributed by atoms with Crippen molar-refractivity contribution in [3.63, 3.8) is 0 Å². The van der Waals surface area contributed by atoms with E-state index in [0.29, 0.717) is 0 Å². The second-order valence-corrected chi connectivity index (χ2v) is 5.36. The highest BCUT2D eigenvalue weighted by Gasteiger charge is 2.23. The van der Waals surface area contributed by atoms with Crippen molar-refractivity contribution in [2.75, 3.05) is 25.0 Å². The van der Waals surface area contributed by atoms with Gasteiger partial charge >= 0.3 is 7.05 Å². The third kappa shape index (κ3) is 3.75. The van der Waals surface area contributed by atoms with Crippen molar-refractivity contribution in [2.45, 2.75) is 26.6 Å². The lowest BCUT2D eigenvalue weighted by atomic mass is 9.81. The number of benzene rings is 1. The Bertz CT molecular complexity index is 359. The van der Waals surface area contributed by atoms with Crippen LogP contribution < -0.4 is 5.32 Å². The zero-order chi connectivity index (χ0) is 13.0. The smallest absolute Gasteiger partial charge is 0.376 e. The molecule has 0 amide bonds. The summed E-state index contributed by atoms with van der Waals surface area (Å²) in [5.74, 6) is 0.723. The SMILES string of the molecule is CB(O)N1CCC(CNc2ccc(C)cc2)CC1. The molecule has 4 heteroatoms. The molecule has 2 N–H and O–H groups in total. The average Bonchev–Trinajstić information content (AvgIpc) is 2.38. The van der Waals surface area contributed by atoms with Gasteiger partial charge < -0.3 is 15.2 Å². The quantitative estimate of drug-likeness (QED) is 0.800. The molecule has 0 radical (unpaired) electrons. The van der Waals surface area contributed by atoms with E-state index in [1.54, 1.807) is 0 Å². The summed E-state index contributed by atoms with van der Waals surface area (Å²) in [4.78, 5) is 2.14. The zero-order valence-corrected chi connectivity index (χ0v) is 11.4. The molecule has 18 heavy (non-hydrogen) atoms. The van der Waals surface area contributed by atoms with Crippen LogP contribution in [0.5, 0.6) is 0 Å². The number of hydrogen-bond acceptors (Lipinski definition) is 3. The molecule has 98 valence electrons. The van der Waals surface area contributed by atoms with E-state index in [9.17, 15) is 5.02 Å². The van der Waals surface area contributed by atoms with E-state index in [-0.39, 0.29) is 7.05 Å². The highest BCUT2D eigenvalue weighted by molar-refractivity contribution is 6.45. The topological polar surface area (TPSA) is 35.5 Å². The van der Waals surface area contributed by atoms with Crippen LogP contribution in [-0.2, 0) is 0 Å². The van der Waals surface area contributed by atoms with Crippen LogP contribution in [0, 0.1) is 12.8 Å². The van der Waals surface area contributed by atoms with Crippen molar-refractivity contribution in [3.8, 4) is 0 Å². The Hall–Kier alpha value is -0.995. The first kappa shape index (κ1) is 13.4. The molecule has 0 aliphatic carbocycles. The first-order chi connectivity index (χ1) is 8.65. The molecular weight excluding hydrogens is 223 g/mol. The predicted molar refractivity (Wildman–Crippen MR) is 77.8 cm³/mol. The molecule has 1 aliphatic rings. The Morgan fingerprint density at radius 1 is 1.28 bits per heavy atom. The Morgan fingerprint density at radius 3 is 2.44 bits per heavy atom. The van der Waals surface area contributed by atoms with Gasteiger partial charge in [0.05, 0.1) is 0 Å². The zero-order valence-electron chi connectivity index (χ0n) is 11.4. The maximum Gasteiger partial charge on any atom is 0.376 e. The summed E-state index contributed by atoms with van der Waals surface area (Å²) in [5, 5.41) is 13.0. The summed E-state index contributed by atoms with van der Waals surface area (Å²) in [6.07, 6.45) is 2.34. The van der Waals surface area contributed by atoms with Crippen LogP contribution in [0.1, 0.15) is 18.4 Å². The second-order valence-electron chi connectivity index (χ2n) is 5.36. The molecule has 1 fully saturated rings. The highest BCUT2D eigenvalue weighted by atomic mass is 16.2. The Balaban J connectivity index is 1.74. The van der Waals surface area contributed by atoms with Crippen LogP contribution in [0.25, 0.3) is 0 Å². The van der Waals surface area contributed by atoms with Gasteiger partial charge in [0.2, 0.25) is 0 Å². The van der Waals surface area contributed by atoms with Crippen molar-refractivity contribution in [3.05, 3.63) is 29.8 Å². The minimum atomic E-state index is -0.295. The predicted octanol–water partition coefficient (Wildman–Crippen LogP) is 2.23. The number of nitrogens with one attached hydrogen (secondary N) is 1. The monoisotopic (exact) mass is 246 g/mol. The van der Waals surface area contributed by atoms with Gasteiger partial charge in [-0.25, -0.2) is 0 Å². The molecule has 0 spiro atoms. The molecule has 0 atom stereocenters. The van der Waals surface area contributed by atoms with Gasteiger partial charge in [0.15, 0.2) is 0 Å². The Kier molecular flexibility index (Phi) is 4.67. The van der Waals surface area contributed by atoms with Crippen molar-refractivity contribution >= 4 is 12.7 Å². The van der Waals surface area contributed by atoms with Crippen LogP contribution in [-0.4, -0.2) is 36.5 Å². The van der Waals surface area contributed by atoms with Crippen LogP contribution in [0.2, 0.25) is 6.82 Å². The molecule has 0 aromatic heterocycles. The van der Waals surface area contributed by atoms with E-state index in [1.807, 2.05) is 6.82 Å². The molecule has 2 rings (SSSR count). The first-order valence-corrected chi connectivity index (χ1v) is 6.88. The van der Waals surface area contributed by atoms with Crippen LogP contribution in [0.4, 0.5) is 5.69 Å². The number of anilines is 1. The fourth-order valence-corrected chi connectivity index (χ4v) is 2.46. The number of hydrogen-bond donors (Lipinski definition) is 2. The van der Waals surface area contributed by atoms with Gasteiger partial charge in [0.1, 0.15) is 0 Å². The van der Waals surface area contributed by atoms with Crippen molar-refractivity contribution in [1.29, 1.82) is 0 Å². The van der Waals surface area contributed by atoms with E-state index in [1.165, 1.54) is 24.1 Å². The largest absolute Gasteiger partial charge is 0.437 e. The third-order valence-corrected chi connectivity index (χ3v) is 3.82. The molecule has 0 unspecified atom stereocenters. The normalized spacial score (nSPS) is 17.7. The van der Waals surface area contributed by atoms with Gasteiger partial charge in [-0.2, -0.15) is 0 Å². The Labute approximate surface area is 110 Å². The number of nitrogens with zero attached hydrogens (tertiary/aromatic N) is 1. The van der Waals surface area contributed by atoms with Crippen LogP contribution >= 0.6 is 0 Å². The lowest BCUT2D eigenvalue weighted by Crippen LogP contribution is -2.43. The number of piperidine rings is 1. The summed E-state index contributed by atoms with van der Waals surface area (Å²) in [5.41, 5.74) is 2.50. The van der Waals surface area contributed by atoms with Crippen LogP contribution in [0.15, 0.2) is 24.3 Å². The average molecular weight is 246 g/mol. The summed E-state index contributed by atoms with van der Waals surface area (Å²) in [7, 11) is -0.295. The molecular formula is C14H23BN2O. The third-order valence-electron chi connectivity index (χ3n) is 3.82. The molecule has 0 saturated carbocycles. The molecule has 1 aromatic carbocycles. The summed E-state index contributed by atoms with van der Waals surface area (Å²) >= 11 is 0. The maximum atomic E-state index is 9.51. The summed E-state index contributed by atoms with van der Waals surface area (Å²) < 4.78 is 0. The molecule has 1 heterocycles. The summed E-state index contributed by atoms with van der Waals surface area (Å²) in [6.45, 7) is 7.02. The van der Waals surface area contributed by atoms with Crippen molar-refractivity contribution < 1.29 is 5.02 Å². The maximum absolute atomic E-state index is 9.51. The van der Waals surface area contributed by atoms with Gasteiger partial charge in [-0.1, -0.05) is 17.7 Å². The van der Waals surface area contributed by atoms with Gasteiger partial charge in [0, 0.05) is 12.2 Å². The molecule has 1 saturated heterocycles. The molecule has 1 aromatic rings. The van der Waals surface area contributed by atoms with Gasteiger partial charge in [-0.15, -0.1) is 0 Å². The first-order valence-electron chi connectivity index (χ1n) is 6.88. The number of rotatable bonds is 4. The second kappa shape index (κ2) is 6.25. The fourth-order valence-electron chi connectivity index (χ4n) is 2.46. The van der Waals surface area contributed by atoms with E-state index in [2.05, 4.69) is 41.3 Å². The van der Waals surface area contributed by atoms with E-state index in [0.717, 1.165) is 25.6 Å². The summed E-state index contributed by atoms with van der Waals surface area (Å²) in [6, 6.07) is 8.55. The van der Waals surface area contributed by atoms with Gasteiger partial charge in [-0.3, -0.25) is 0 Å². The number of aryl methyl sites for hydroxylation is 1. The van der Waals surface area contributed by atoms with Gasteiger partial charge in [0.25, 0.3) is 0 Å². The van der Waals surface area contributed by atoms with Crippen LogP contribution in [0.3, 0.4) is 0 Å². The van der Waals surface area contributed by atoms with E-state index >= 15 is 0 Å². The Morgan fingerprint density at radius 2 is 1.89 bits per heavy atom. The fraction of sp³-hybridized carbons (Fsp3) is 0.571. The molecule has 1 aliphatic heterocycles. The van der Waals surface area contributed by atoms with Gasteiger partial charge in [-0.05, 0) is 57.7 Å². The van der Waals surface area contributed by atoms with E-state index in [4.69, 9.17) is 0 Å². The molecule has 0 bridgehead atoms. The minimum absolute atomic E-state index is 0.295. The molecule has 3 nitrogen and oxygen atoms in total. The lowest BCUT2D eigenvalue weighted by Gasteiger charge is -2.32. The van der Waals surface area contributed by atoms with Crippen molar-refractivity contribution in [1.82, 2.24) is 4.81 Å². The van der Waals surface area contributed by atoms with E-state index < -0.39 is 0 Å². The standard InChI is InChI=1S/C14H23BN2O/c1-12-3-5-14(6-4-12)16-11-13-7-9-17(10-8-13)15(2)18/h3-6,13,16,18H,7-11H2,1-2H3. The highest BCUT2D eigenvalue weighted by Crippen LogP contribution is 2.18.